The molecule has 15 heavy (non-hydrogen) atoms. The molecule has 0 bridgehead atoms. The largest absolute Gasteiger partial charge is 0.133 e. The van der Waals surface area contributed by atoms with E-state index in [1.165, 1.54) is 0 Å². The predicted molar refractivity (Wildman–Crippen MR) is 65.2 cm³/mol. The van der Waals surface area contributed by atoms with Crippen LogP contribution in [0.2, 0.25) is 0 Å². The molecule has 0 fully saturated rings. The van der Waals surface area contributed by atoms with Crippen LogP contribution in [0.25, 0.3) is 11.1 Å². The van der Waals surface area contributed by atoms with E-state index in [2.05, 4.69) is 6.07 Å². The van der Waals surface area contributed by atoms with Crippen molar-refractivity contribution in [2.45, 2.75) is 4.84 Å². The smallest absolute Gasteiger partial charge is 0.100 e. The Kier molecular flexibility index (Phi) is 3.30. The first-order valence-electron chi connectivity index (χ1n) is 4.62. The molecular formula is C13H9Cl2. The van der Waals surface area contributed by atoms with Crippen LogP contribution in [0.5, 0.6) is 0 Å². The molecule has 1 radical (unpaired) electrons. The fourth-order valence-electron chi connectivity index (χ4n) is 1.50. The first kappa shape index (κ1) is 10.5. The maximum absolute atomic E-state index is 5.90. The fraction of sp³-hybridized carbons (Fsp3) is 0.0769. The van der Waals surface area contributed by atoms with Gasteiger partial charge in [0.05, 0.1) is 0 Å². The van der Waals surface area contributed by atoms with Crippen molar-refractivity contribution in [1.29, 1.82) is 0 Å². The van der Waals surface area contributed by atoms with Crippen LogP contribution in [0.1, 0.15) is 10.4 Å². The second-order valence-electron chi connectivity index (χ2n) is 3.18. The Morgan fingerprint density at radius 2 is 1.73 bits per heavy atom. The Labute approximate surface area is 99.5 Å². The minimum absolute atomic E-state index is 0.516. The number of halogens is 2. The van der Waals surface area contributed by atoms with Crippen LogP contribution >= 0.6 is 23.2 Å². The van der Waals surface area contributed by atoms with Crippen molar-refractivity contribution in [3.63, 3.8) is 0 Å². The van der Waals surface area contributed by atoms with Gasteiger partial charge in [0, 0.05) is 0 Å². The van der Waals surface area contributed by atoms with Gasteiger partial charge in [0.25, 0.3) is 0 Å². The highest BCUT2D eigenvalue weighted by Gasteiger charge is 2.09. The second kappa shape index (κ2) is 4.69. The van der Waals surface area contributed by atoms with Crippen LogP contribution in [0.15, 0.2) is 48.5 Å². The molecule has 2 aromatic rings. The third kappa shape index (κ3) is 2.34. The van der Waals surface area contributed by atoms with Gasteiger partial charge < -0.3 is 0 Å². The zero-order chi connectivity index (χ0) is 10.7. The highest BCUT2D eigenvalue weighted by Crippen LogP contribution is 2.33. The molecular weight excluding hydrogens is 227 g/mol. The molecule has 0 saturated heterocycles. The van der Waals surface area contributed by atoms with Crippen molar-refractivity contribution >= 4 is 23.2 Å². The zero-order valence-corrected chi connectivity index (χ0v) is 9.46. The van der Waals surface area contributed by atoms with Crippen molar-refractivity contribution in [2.75, 3.05) is 0 Å². The first-order chi connectivity index (χ1) is 7.29. The first-order valence-corrected chi connectivity index (χ1v) is 5.50. The van der Waals surface area contributed by atoms with Crippen LogP contribution in [0, 0.1) is 6.07 Å². The highest BCUT2D eigenvalue weighted by molar-refractivity contribution is 6.44. The Morgan fingerprint density at radius 1 is 1.00 bits per heavy atom. The molecule has 0 aliphatic carbocycles. The van der Waals surface area contributed by atoms with Gasteiger partial charge in [0.2, 0.25) is 0 Å². The molecule has 0 aliphatic heterocycles. The Bertz CT molecular complexity index is 435. The summed E-state index contributed by atoms with van der Waals surface area (Å²) in [6, 6.07) is 18.7. The van der Waals surface area contributed by atoms with Crippen LogP contribution in [-0.2, 0) is 0 Å². The lowest BCUT2D eigenvalue weighted by Gasteiger charge is -2.09. The molecule has 0 amide bonds. The maximum atomic E-state index is 5.90. The van der Waals surface area contributed by atoms with Gasteiger partial charge in [-0.1, -0.05) is 42.5 Å². The standard InChI is InChI=1S/C13H9Cl2/c14-13(15)12-9-5-4-8-11(12)10-6-2-1-3-7-10/h1-4,6-9,13H. The minimum Gasteiger partial charge on any atom is -0.100 e. The topological polar surface area (TPSA) is 0 Å². The van der Waals surface area contributed by atoms with Gasteiger partial charge in [-0.3, -0.25) is 0 Å². The average Bonchev–Trinajstić information content (AvgIpc) is 2.30. The highest BCUT2D eigenvalue weighted by atomic mass is 35.5. The van der Waals surface area contributed by atoms with E-state index < -0.39 is 4.84 Å². The predicted octanol–water partition coefficient (Wildman–Crippen LogP) is 4.63. The molecule has 0 N–H and O–H groups in total. The van der Waals surface area contributed by atoms with Crippen LogP contribution in [-0.4, -0.2) is 0 Å². The van der Waals surface area contributed by atoms with Gasteiger partial charge in [-0.25, -0.2) is 0 Å². The summed E-state index contributed by atoms with van der Waals surface area (Å²) < 4.78 is 0. The quantitative estimate of drug-likeness (QED) is 0.667. The maximum Gasteiger partial charge on any atom is 0.133 e. The van der Waals surface area contributed by atoms with Crippen molar-refractivity contribution in [3.05, 3.63) is 60.2 Å². The summed E-state index contributed by atoms with van der Waals surface area (Å²) in [5, 5.41) is 0. The second-order valence-corrected chi connectivity index (χ2v) is 4.28. The average molecular weight is 236 g/mol. The van der Waals surface area contributed by atoms with E-state index in [-0.39, 0.29) is 0 Å². The third-order valence-electron chi connectivity index (χ3n) is 2.22. The minimum atomic E-state index is -0.516. The van der Waals surface area contributed by atoms with E-state index >= 15 is 0 Å². The Hall–Kier alpha value is -0.980. The Morgan fingerprint density at radius 3 is 2.40 bits per heavy atom. The van der Waals surface area contributed by atoms with Gasteiger partial charge in [0.1, 0.15) is 4.84 Å². The number of benzene rings is 2. The number of rotatable bonds is 2. The molecule has 0 aromatic heterocycles. The third-order valence-corrected chi connectivity index (χ3v) is 2.69. The van der Waals surface area contributed by atoms with E-state index in [4.69, 9.17) is 23.2 Å². The summed E-state index contributed by atoms with van der Waals surface area (Å²) in [4.78, 5) is -0.516. The molecule has 0 nitrogen and oxygen atoms in total. The fourth-order valence-corrected chi connectivity index (χ4v) is 1.87. The van der Waals surface area contributed by atoms with E-state index in [9.17, 15) is 0 Å². The molecule has 0 spiro atoms. The van der Waals surface area contributed by atoms with Crippen molar-refractivity contribution in [3.8, 4) is 11.1 Å². The SMILES string of the molecule is ClC(Cl)c1c[c]ccc1-c1ccccc1. The molecule has 0 heterocycles. The van der Waals surface area contributed by atoms with Crippen LogP contribution in [0.3, 0.4) is 0 Å². The normalized spacial score (nSPS) is 10.6. The number of hydrogen-bond donors (Lipinski definition) is 0. The van der Waals surface area contributed by atoms with Crippen molar-refractivity contribution < 1.29 is 0 Å². The van der Waals surface area contributed by atoms with E-state index in [1.807, 2.05) is 48.5 Å². The van der Waals surface area contributed by atoms with Gasteiger partial charge >= 0.3 is 0 Å². The zero-order valence-electron chi connectivity index (χ0n) is 7.95. The summed E-state index contributed by atoms with van der Waals surface area (Å²) in [6.45, 7) is 0. The number of hydrogen-bond acceptors (Lipinski definition) is 0. The van der Waals surface area contributed by atoms with Gasteiger partial charge in [0.15, 0.2) is 0 Å². The summed E-state index contributed by atoms with van der Waals surface area (Å²) >= 11 is 11.8. The summed E-state index contributed by atoms with van der Waals surface area (Å²) in [6.07, 6.45) is 0. The van der Waals surface area contributed by atoms with Crippen molar-refractivity contribution in [2.24, 2.45) is 0 Å². The molecule has 0 unspecified atom stereocenters. The van der Waals surface area contributed by atoms with Crippen molar-refractivity contribution in [1.82, 2.24) is 0 Å². The summed E-state index contributed by atoms with van der Waals surface area (Å²) in [5.74, 6) is 0. The monoisotopic (exact) mass is 235 g/mol. The lowest BCUT2D eigenvalue weighted by Crippen LogP contribution is -1.87. The summed E-state index contributed by atoms with van der Waals surface area (Å²) in [5.41, 5.74) is 3.07. The van der Waals surface area contributed by atoms with E-state index in [1.54, 1.807) is 0 Å². The summed E-state index contributed by atoms with van der Waals surface area (Å²) in [7, 11) is 0. The lowest BCUT2D eigenvalue weighted by atomic mass is 10.0. The molecule has 2 rings (SSSR count). The molecule has 0 saturated carbocycles. The number of alkyl halides is 2. The van der Waals surface area contributed by atoms with Gasteiger partial charge in [-0.2, -0.15) is 0 Å². The van der Waals surface area contributed by atoms with Gasteiger partial charge in [-0.05, 0) is 28.8 Å². The van der Waals surface area contributed by atoms with E-state index in [0.29, 0.717) is 0 Å². The lowest BCUT2D eigenvalue weighted by molar-refractivity contribution is 1.34. The molecule has 0 atom stereocenters. The van der Waals surface area contributed by atoms with Crippen LogP contribution in [0.4, 0.5) is 0 Å². The van der Waals surface area contributed by atoms with E-state index in [0.717, 1.165) is 16.7 Å². The molecule has 2 heteroatoms. The molecule has 75 valence electrons. The van der Waals surface area contributed by atoms with Gasteiger partial charge in [-0.15, -0.1) is 23.2 Å². The Balaban J connectivity index is 2.53. The van der Waals surface area contributed by atoms with Crippen LogP contribution < -0.4 is 0 Å². The molecule has 2 aromatic carbocycles. The molecule has 0 aliphatic rings.